The highest BCUT2D eigenvalue weighted by Crippen LogP contribution is 2.27. The standard InChI is InChI=1S/C10H18IN3O4S/c1-5(6(2)19-11)9(10(17)18)14-8(16)4-13-7(15)3-12/h5-6,9H,3-4,12H2,1-2H3,(H,13,15)(H,14,16)(H,17,18)/t5-,6+,9+/m1/s1. The Morgan fingerprint density at radius 3 is 2.32 bits per heavy atom. The Labute approximate surface area is 128 Å². The van der Waals surface area contributed by atoms with Crippen molar-refractivity contribution in [2.24, 2.45) is 11.7 Å². The molecule has 0 heterocycles. The second-order valence-electron chi connectivity index (χ2n) is 4.02. The third-order valence-electron chi connectivity index (χ3n) is 2.62. The van der Waals surface area contributed by atoms with Crippen LogP contribution in [-0.4, -0.2) is 47.3 Å². The normalized spacial score (nSPS) is 15.2. The van der Waals surface area contributed by atoms with Gasteiger partial charge in [0.2, 0.25) is 11.8 Å². The fourth-order valence-electron chi connectivity index (χ4n) is 1.25. The molecule has 7 nitrogen and oxygen atoms in total. The predicted molar refractivity (Wildman–Crippen MR) is 81.9 cm³/mol. The molecule has 19 heavy (non-hydrogen) atoms. The number of carbonyl (C=O) groups is 3. The first kappa shape index (κ1) is 18.4. The second-order valence-corrected chi connectivity index (χ2v) is 6.46. The van der Waals surface area contributed by atoms with Gasteiger partial charge < -0.3 is 21.5 Å². The lowest BCUT2D eigenvalue weighted by atomic mass is 9.99. The zero-order valence-electron chi connectivity index (χ0n) is 10.7. The number of nitrogens with one attached hydrogen (secondary N) is 2. The number of nitrogens with two attached hydrogens (primary N) is 1. The largest absolute Gasteiger partial charge is 0.480 e. The zero-order valence-corrected chi connectivity index (χ0v) is 13.7. The first-order chi connectivity index (χ1) is 8.83. The molecule has 3 atom stereocenters. The van der Waals surface area contributed by atoms with Crippen LogP contribution in [0, 0.1) is 5.92 Å². The molecule has 0 rings (SSSR count). The van der Waals surface area contributed by atoms with Crippen LogP contribution in [0.25, 0.3) is 0 Å². The maximum atomic E-state index is 11.6. The molecule has 9 heteroatoms. The summed E-state index contributed by atoms with van der Waals surface area (Å²) in [5.41, 5.74) is 5.07. The first-order valence-electron chi connectivity index (χ1n) is 5.59. The van der Waals surface area contributed by atoms with Crippen LogP contribution in [0.1, 0.15) is 13.8 Å². The van der Waals surface area contributed by atoms with Crippen molar-refractivity contribution in [1.82, 2.24) is 10.6 Å². The van der Waals surface area contributed by atoms with E-state index in [1.54, 1.807) is 6.92 Å². The summed E-state index contributed by atoms with van der Waals surface area (Å²) < 4.78 is 0. The van der Waals surface area contributed by atoms with Crippen molar-refractivity contribution in [3.63, 3.8) is 0 Å². The molecule has 2 amide bonds. The van der Waals surface area contributed by atoms with E-state index in [-0.39, 0.29) is 24.3 Å². The molecule has 0 aliphatic carbocycles. The van der Waals surface area contributed by atoms with Crippen LogP contribution in [0.5, 0.6) is 0 Å². The van der Waals surface area contributed by atoms with Gasteiger partial charge in [-0.05, 0) is 27.1 Å². The summed E-state index contributed by atoms with van der Waals surface area (Å²) in [7, 11) is 1.50. The Balaban J connectivity index is 4.46. The van der Waals surface area contributed by atoms with Gasteiger partial charge in [-0.25, -0.2) is 4.79 Å². The minimum Gasteiger partial charge on any atom is -0.480 e. The fourth-order valence-corrected chi connectivity index (χ4v) is 2.95. The molecule has 0 aliphatic heterocycles. The zero-order chi connectivity index (χ0) is 15.0. The summed E-state index contributed by atoms with van der Waals surface area (Å²) in [5.74, 6) is -2.35. The van der Waals surface area contributed by atoms with E-state index in [9.17, 15) is 14.4 Å². The van der Waals surface area contributed by atoms with Gasteiger partial charge in [-0.15, -0.1) is 0 Å². The van der Waals surface area contributed by atoms with Gasteiger partial charge in [0.1, 0.15) is 6.04 Å². The number of hydrogen-bond acceptors (Lipinski definition) is 5. The van der Waals surface area contributed by atoms with Crippen molar-refractivity contribution in [2.75, 3.05) is 13.1 Å². The number of halogens is 1. The summed E-state index contributed by atoms with van der Waals surface area (Å²) in [6, 6.07) is -0.987. The van der Waals surface area contributed by atoms with Crippen molar-refractivity contribution in [1.29, 1.82) is 0 Å². The molecule has 0 aromatic carbocycles. The lowest BCUT2D eigenvalue weighted by molar-refractivity contribution is -0.143. The summed E-state index contributed by atoms with van der Waals surface area (Å²) >= 11 is 2.09. The highest BCUT2D eigenvalue weighted by Gasteiger charge is 2.30. The number of carbonyl (C=O) groups excluding carboxylic acids is 2. The summed E-state index contributed by atoms with van der Waals surface area (Å²) in [6.07, 6.45) is 0. The SMILES string of the molecule is C[C@H]([C@H](C)SI)[C@H](NC(=O)CNC(=O)CN)C(=O)O. The van der Waals surface area contributed by atoms with Crippen LogP contribution >= 0.6 is 30.1 Å². The average Bonchev–Trinajstić information content (AvgIpc) is 2.39. The van der Waals surface area contributed by atoms with Gasteiger partial charge in [0.05, 0.1) is 13.1 Å². The van der Waals surface area contributed by atoms with Crippen molar-refractivity contribution in [3.05, 3.63) is 0 Å². The number of rotatable bonds is 8. The Bertz CT molecular complexity index is 343. The molecule has 0 unspecified atom stereocenters. The van der Waals surface area contributed by atoms with E-state index < -0.39 is 23.8 Å². The number of aliphatic carboxylic acids is 1. The van der Waals surface area contributed by atoms with Crippen LogP contribution in [0.4, 0.5) is 0 Å². The van der Waals surface area contributed by atoms with Crippen molar-refractivity contribution >= 4 is 47.9 Å². The van der Waals surface area contributed by atoms with Crippen molar-refractivity contribution in [3.8, 4) is 0 Å². The van der Waals surface area contributed by atoms with Crippen LogP contribution in [0.2, 0.25) is 0 Å². The topological polar surface area (TPSA) is 122 Å². The number of amides is 2. The first-order valence-corrected chi connectivity index (χ1v) is 9.02. The Morgan fingerprint density at radius 1 is 1.32 bits per heavy atom. The fraction of sp³-hybridized carbons (Fsp3) is 0.700. The molecule has 0 aliphatic rings. The van der Waals surface area contributed by atoms with Crippen LogP contribution < -0.4 is 16.4 Å². The third kappa shape index (κ3) is 6.97. The summed E-state index contributed by atoms with van der Waals surface area (Å²) in [4.78, 5) is 33.6. The maximum absolute atomic E-state index is 11.6. The number of hydrogen-bond donors (Lipinski definition) is 4. The smallest absolute Gasteiger partial charge is 0.326 e. The average molecular weight is 403 g/mol. The van der Waals surface area contributed by atoms with Gasteiger partial charge in [0.15, 0.2) is 0 Å². The van der Waals surface area contributed by atoms with E-state index >= 15 is 0 Å². The molecule has 0 saturated carbocycles. The van der Waals surface area contributed by atoms with E-state index in [1.165, 1.54) is 8.93 Å². The van der Waals surface area contributed by atoms with Crippen molar-refractivity contribution in [2.45, 2.75) is 25.1 Å². The minimum atomic E-state index is -1.09. The van der Waals surface area contributed by atoms with Gasteiger partial charge in [0, 0.05) is 5.25 Å². The highest BCUT2D eigenvalue weighted by atomic mass is 127. The minimum absolute atomic E-state index is 0.0700. The van der Waals surface area contributed by atoms with E-state index in [2.05, 4.69) is 31.8 Å². The van der Waals surface area contributed by atoms with Gasteiger partial charge >= 0.3 is 5.97 Å². The molecule has 0 bridgehead atoms. The van der Waals surface area contributed by atoms with Gasteiger partial charge in [-0.3, -0.25) is 9.59 Å². The van der Waals surface area contributed by atoms with Gasteiger partial charge in [0.25, 0.3) is 0 Å². The molecule has 0 aromatic heterocycles. The molecule has 0 radical (unpaired) electrons. The molecule has 110 valence electrons. The lowest BCUT2D eigenvalue weighted by Gasteiger charge is -2.25. The number of carboxylic acid groups (broad SMARTS) is 1. The lowest BCUT2D eigenvalue weighted by Crippen LogP contribution is -2.50. The van der Waals surface area contributed by atoms with Gasteiger partial charge in [-0.1, -0.05) is 22.8 Å². The summed E-state index contributed by atoms with van der Waals surface area (Å²) in [6.45, 7) is 3.15. The monoisotopic (exact) mass is 403 g/mol. The maximum Gasteiger partial charge on any atom is 0.326 e. The Hall–Kier alpha value is -0.550. The van der Waals surface area contributed by atoms with Crippen molar-refractivity contribution < 1.29 is 19.5 Å². The number of carboxylic acids is 1. The Kier molecular flexibility index (Phi) is 9.10. The van der Waals surface area contributed by atoms with Crippen LogP contribution in [-0.2, 0) is 14.4 Å². The predicted octanol–water partition coefficient (Wildman–Crippen LogP) is -0.261. The molecular weight excluding hydrogens is 385 g/mol. The quantitative estimate of drug-likeness (QED) is 0.415. The van der Waals surface area contributed by atoms with Crippen LogP contribution in [0.15, 0.2) is 0 Å². The highest BCUT2D eigenvalue weighted by molar-refractivity contribution is 14.2. The molecule has 0 aromatic rings. The molecule has 0 spiro atoms. The summed E-state index contributed by atoms with van der Waals surface area (Å²) in [5, 5.41) is 13.9. The van der Waals surface area contributed by atoms with E-state index in [1.807, 2.05) is 6.92 Å². The third-order valence-corrected chi connectivity index (χ3v) is 5.74. The molecule has 0 saturated heterocycles. The van der Waals surface area contributed by atoms with E-state index in [0.29, 0.717) is 0 Å². The molecule has 5 N–H and O–H groups in total. The molecule has 0 fully saturated rings. The molecular formula is C10H18IN3O4S. The van der Waals surface area contributed by atoms with E-state index in [4.69, 9.17) is 10.8 Å². The van der Waals surface area contributed by atoms with E-state index in [0.717, 1.165) is 0 Å². The van der Waals surface area contributed by atoms with Gasteiger partial charge in [-0.2, -0.15) is 0 Å². The second kappa shape index (κ2) is 9.37. The Morgan fingerprint density at radius 2 is 1.89 bits per heavy atom. The van der Waals surface area contributed by atoms with Crippen LogP contribution in [0.3, 0.4) is 0 Å².